The monoisotopic (exact) mass is 479 g/mol. The predicted octanol–water partition coefficient (Wildman–Crippen LogP) is 5.98. The Kier molecular flexibility index (Phi) is 8.39. The Morgan fingerprint density at radius 3 is 2.44 bits per heavy atom. The number of esters is 2. The number of carbonyl (C=O) groups is 2. The van der Waals surface area contributed by atoms with Crippen molar-refractivity contribution in [2.45, 2.75) is 20.0 Å². The van der Waals surface area contributed by atoms with Crippen LogP contribution in [0.3, 0.4) is 0 Å². The van der Waals surface area contributed by atoms with Gasteiger partial charge in [0.05, 0.1) is 18.3 Å². The van der Waals surface area contributed by atoms with Gasteiger partial charge >= 0.3 is 19.5 Å². The molecule has 0 fully saturated rings. The van der Waals surface area contributed by atoms with Crippen LogP contribution in [0.1, 0.15) is 29.8 Å². The lowest BCUT2D eigenvalue weighted by atomic mass is 10.0. The molecule has 176 valence electrons. The van der Waals surface area contributed by atoms with E-state index >= 15 is 0 Å². The largest absolute Gasteiger partial charge is 0.462 e. The van der Waals surface area contributed by atoms with Gasteiger partial charge in [0, 0.05) is 0 Å². The summed E-state index contributed by atoms with van der Waals surface area (Å²) in [6.07, 6.45) is 1.44. The van der Waals surface area contributed by atoms with E-state index in [1.807, 2.05) is 30.3 Å². The van der Waals surface area contributed by atoms with Crippen LogP contribution in [0.2, 0.25) is 0 Å². The summed E-state index contributed by atoms with van der Waals surface area (Å²) in [4.78, 5) is 24.3. The summed E-state index contributed by atoms with van der Waals surface area (Å²) in [6, 6.07) is 19.4. The van der Waals surface area contributed by atoms with Crippen molar-refractivity contribution in [3.8, 4) is 5.75 Å². The summed E-state index contributed by atoms with van der Waals surface area (Å²) in [6.45, 7) is 6.96. The molecule has 0 aliphatic heterocycles. The highest BCUT2D eigenvalue weighted by Gasteiger charge is 2.27. The first-order valence-electron chi connectivity index (χ1n) is 10.7. The van der Waals surface area contributed by atoms with Gasteiger partial charge in [-0.2, -0.15) is 4.76 Å². The molecule has 0 amide bonds. The molecule has 3 aromatic rings. The van der Waals surface area contributed by atoms with Crippen LogP contribution in [-0.2, 0) is 25.0 Å². The van der Waals surface area contributed by atoms with Crippen molar-refractivity contribution in [1.82, 2.24) is 0 Å². The highest BCUT2D eigenvalue weighted by atomic mass is 31.2. The zero-order valence-corrected chi connectivity index (χ0v) is 20.0. The molecular weight excluding hydrogens is 453 g/mol. The van der Waals surface area contributed by atoms with E-state index in [1.54, 1.807) is 43.3 Å². The Morgan fingerprint density at radius 1 is 1.00 bits per heavy atom. The Labute approximate surface area is 198 Å². The molecular formula is C26H26NO6P. The molecule has 0 heterocycles. The highest BCUT2D eigenvalue weighted by molar-refractivity contribution is 7.57. The van der Waals surface area contributed by atoms with E-state index in [1.165, 1.54) is 13.0 Å². The van der Waals surface area contributed by atoms with E-state index < -0.39 is 19.5 Å². The predicted molar refractivity (Wildman–Crippen MR) is 133 cm³/mol. The number of ether oxygens (including phenoxy) is 2. The molecule has 1 unspecified atom stereocenters. The number of rotatable bonds is 10. The molecule has 0 saturated heterocycles. The fraction of sp³-hybridized carbons (Fsp3) is 0.192. The van der Waals surface area contributed by atoms with Crippen LogP contribution < -0.4 is 4.52 Å². The molecule has 8 heteroatoms. The van der Waals surface area contributed by atoms with Gasteiger partial charge in [-0.1, -0.05) is 55.1 Å². The average molecular weight is 479 g/mol. The first-order valence-corrected chi connectivity index (χ1v) is 12.5. The van der Waals surface area contributed by atoms with Crippen molar-refractivity contribution in [3.05, 3.63) is 90.5 Å². The number of carbonyl (C=O) groups excluding carboxylic acids is 2. The van der Waals surface area contributed by atoms with E-state index in [0.29, 0.717) is 16.9 Å². The number of nitrogens with zero attached hydrogens (tertiary/aromatic N) is 1. The third-order valence-electron chi connectivity index (χ3n) is 4.72. The van der Waals surface area contributed by atoms with Crippen molar-refractivity contribution in [2.24, 2.45) is 4.76 Å². The summed E-state index contributed by atoms with van der Waals surface area (Å²) in [5.74, 6) is -0.736. The van der Waals surface area contributed by atoms with Gasteiger partial charge in [0.2, 0.25) is 0 Å². The molecule has 0 bridgehead atoms. The van der Waals surface area contributed by atoms with E-state index in [-0.39, 0.29) is 25.1 Å². The van der Waals surface area contributed by atoms with Crippen molar-refractivity contribution in [3.63, 3.8) is 0 Å². The molecule has 0 N–H and O–H groups in total. The van der Waals surface area contributed by atoms with Gasteiger partial charge in [-0.05, 0) is 54.4 Å². The molecule has 0 aliphatic carbocycles. The smallest absolute Gasteiger partial charge is 0.366 e. The number of hydrogen-bond donors (Lipinski definition) is 0. The van der Waals surface area contributed by atoms with Crippen molar-refractivity contribution < 1.29 is 28.2 Å². The molecule has 0 radical (unpaired) electrons. The highest BCUT2D eigenvalue weighted by Crippen LogP contribution is 2.52. The Hall–Kier alpha value is -3.70. The van der Waals surface area contributed by atoms with Crippen LogP contribution in [-0.4, -0.2) is 30.9 Å². The first kappa shape index (κ1) is 24.9. The lowest BCUT2D eigenvalue weighted by Gasteiger charge is -2.17. The summed E-state index contributed by atoms with van der Waals surface area (Å²) < 4.78 is 33.8. The van der Waals surface area contributed by atoms with Gasteiger partial charge in [-0.3, -0.25) is 4.57 Å². The molecule has 7 nitrogen and oxygen atoms in total. The molecule has 0 spiro atoms. The Bertz CT molecular complexity index is 1270. The normalized spacial score (nSPS) is 13.1. The maximum absolute atomic E-state index is 13.8. The lowest BCUT2D eigenvalue weighted by molar-refractivity contribution is -0.135. The van der Waals surface area contributed by atoms with Crippen LogP contribution in [0.5, 0.6) is 5.75 Å². The summed E-state index contributed by atoms with van der Waals surface area (Å²) >= 11 is 0. The average Bonchev–Trinajstić information content (AvgIpc) is 2.82. The SMILES string of the molecule is C=CCOC(=O)c1ccc2ccc(CP(=O)(/N=C(\C)C(=O)OCC)Oc3ccccc3)cc2c1. The summed E-state index contributed by atoms with van der Waals surface area (Å²) in [5.41, 5.74) is 1.03. The summed E-state index contributed by atoms with van der Waals surface area (Å²) in [7, 11) is -3.74. The molecule has 1 atom stereocenters. The van der Waals surface area contributed by atoms with Gasteiger partial charge in [0.15, 0.2) is 0 Å². The first-order chi connectivity index (χ1) is 16.3. The maximum atomic E-state index is 13.8. The second-order valence-corrected chi connectivity index (χ2v) is 9.36. The van der Waals surface area contributed by atoms with Crippen molar-refractivity contribution in [2.75, 3.05) is 13.2 Å². The molecule has 3 rings (SSSR count). The number of para-hydroxylation sites is 1. The van der Waals surface area contributed by atoms with Gasteiger partial charge in [-0.25, -0.2) is 9.59 Å². The number of hydrogen-bond acceptors (Lipinski definition) is 6. The van der Waals surface area contributed by atoms with E-state index in [0.717, 1.165) is 10.8 Å². The maximum Gasteiger partial charge on any atom is 0.366 e. The standard InChI is InChI=1S/C26H26NO6P/c1-4-15-32-26(29)22-14-13-21-12-11-20(16-23(21)17-22)18-34(30,27-19(3)25(28)31-5-2)33-24-9-7-6-8-10-24/h4,6-14,16-17H,1,5,15,18H2,2-3H3/b27-19+. The fourth-order valence-corrected chi connectivity index (χ4v) is 5.03. The van der Waals surface area contributed by atoms with Gasteiger partial charge in [0.1, 0.15) is 18.1 Å². The lowest BCUT2D eigenvalue weighted by Crippen LogP contribution is -2.14. The topological polar surface area (TPSA) is 91.3 Å². The van der Waals surface area contributed by atoms with Crippen molar-refractivity contribution >= 4 is 35.9 Å². The van der Waals surface area contributed by atoms with E-state index in [9.17, 15) is 14.2 Å². The van der Waals surface area contributed by atoms with Crippen LogP contribution in [0.15, 0.2) is 84.1 Å². The van der Waals surface area contributed by atoms with Gasteiger partial charge in [0.25, 0.3) is 0 Å². The Balaban J connectivity index is 1.95. The van der Waals surface area contributed by atoms with Crippen LogP contribution in [0.4, 0.5) is 0 Å². The van der Waals surface area contributed by atoms with Crippen LogP contribution >= 0.6 is 7.52 Å². The fourth-order valence-electron chi connectivity index (χ4n) is 3.21. The number of fused-ring (bicyclic) bond motifs is 1. The third-order valence-corrected chi connectivity index (χ3v) is 6.59. The molecule has 0 aromatic heterocycles. The molecule has 3 aromatic carbocycles. The van der Waals surface area contributed by atoms with Gasteiger partial charge in [-0.15, -0.1) is 0 Å². The zero-order valence-electron chi connectivity index (χ0n) is 19.1. The zero-order chi connectivity index (χ0) is 24.6. The molecule has 0 aliphatic rings. The second kappa shape index (κ2) is 11.4. The number of benzene rings is 3. The van der Waals surface area contributed by atoms with E-state index in [4.69, 9.17) is 14.0 Å². The minimum atomic E-state index is -3.74. The quantitative estimate of drug-likeness (QED) is 0.154. The third kappa shape index (κ3) is 6.65. The minimum absolute atomic E-state index is 0.0332. The van der Waals surface area contributed by atoms with Crippen LogP contribution in [0.25, 0.3) is 10.8 Å². The Morgan fingerprint density at radius 2 is 1.74 bits per heavy atom. The molecule has 0 saturated carbocycles. The van der Waals surface area contributed by atoms with Gasteiger partial charge < -0.3 is 14.0 Å². The molecule has 34 heavy (non-hydrogen) atoms. The van der Waals surface area contributed by atoms with E-state index in [2.05, 4.69) is 11.3 Å². The van der Waals surface area contributed by atoms with Crippen LogP contribution in [0, 0.1) is 0 Å². The summed E-state index contributed by atoms with van der Waals surface area (Å²) in [5, 5.41) is 1.66. The van der Waals surface area contributed by atoms with Crippen molar-refractivity contribution in [1.29, 1.82) is 0 Å². The second-order valence-electron chi connectivity index (χ2n) is 7.39. The minimum Gasteiger partial charge on any atom is -0.462 e.